The van der Waals surface area contributed by atoms with Crippen molar-refractivity contribution in [3.63, 3.8) is 0 Å². The van der Waals surface area contributed by atoms with E-state index in [4.69, 9.17) is 26.6 Å². The Morgan fingerprint density at radius 1 is 1.40 bits per heavy atom. The predicted octanol–water partition coefficient (Wildman–Crippen LogP) is 2.73. The van der Waals surface area contributed by atoms with Crippen molar-refractivity contribution in [1.82, 2.24) is 5.43 Å². The van der Waals surface area contributed by atoms with Crippen LogP contribution >= 0.6 is 11.6 Å². The van der Waals surface area contributed by atoms with Gasteiger partial charge in [0.05, 0.1) is 0 Å². The molecule has 3 N–H and O–H groups in total. The number of hydrogen-bond acceptors (Lipinski definition) is 4. The maximum absolute atomic E-state index is 11.4. The van der Waals surface area contributed by atoms with E-state index in [0.717, 1.165) is 11.1 Å². The average Bonchev–Trinajstić information content (AvgIpc) is 2.80. The normalized spacial score (nSPS) is 10.4. The van der Waals surface area contributed by atoms with Crippen LogP contribution in [0.25, 0.3) is 0 Å². The summed E-state index contributed by atoms with van der Waals surface area (Å²) in [4.78, 5) is 11.4. The fraction of sp³-hybridized carbons (Fsp3) is 0.214. The van der Waals surface area contributed by atoms with Crippen molar-refractivity contribution < 1.29 is 13.9 Å². The SMILES string of the molecule is Cc1cc(OCc2cc(C(=O)NN)oc2C)ccc1Cl. The van der Waals surface area contributed by atoms with Crippen LogP contribution in [0, 0.1) is 13.8 Å². The van der Waals surface area contributed by atoms with Crippen LogP contribution in [-0.2, 0) is 6.61 Å². The van der Waals surface area contributed by atoms with E-state index in [1.54, 1.807) is 25.1 Å². The van der Waals surface area contributed by atoms with Gasteiger partial charge in [-0.15, -0.1) is 0 Å². The standard InChI is InChI=1S/C14H15ClN2O3/c1-8-5-11(3-4-12(8)15)19-7-10-6-13(14(18)17-16)20-9(10)2/h3-6H,7,16H2,1-2H3,(H,17,18). The Kier molecular flexibility index (Phi) is 4.32. The van der Waals surface area contributed by atoms with E-state index in [-0.39, 0.29) is 5.76 Å². The molecule has 1 amide bonds. The highest BCUT2D eigenvalue weighted by atomic mass is 35.5. The van der Waals surface area contributed by atoms with E-state index in [9.17, 15) is 4.79 Å². The number of nitrogen functional groups attached to an aromatic ring is 1. The average molecular weight is 295 g/mol. The largest absolute Gasteiger partial charge is 0.489 e. The van der Waals surface area contributed by atoms with Crippen molar-refractivity contribution in [1.29, 1.82) is 0 Å². The third kappa shape index (κ3) is 3.12. The lowest BCUT2D eigenvalue weighted by Gasteiger charge is -2.06. The van der Waals surface area contributed by atoms with Crippen LogP contribution in [0.2, 0.25) is 5.02 Å². The lowest BCUT2D eigenvalue weighted by Crippen LogP contribution is -2.29. The van der Waals surface area contributed by atoms with Crippen LogP contribution in [0.4, 0.5) is 0 Å². The summed E-state index contributed by atoms with van der Waals surface area (Å²) < 4.78 is 11.0. The molecule has 106 valence electrons. The molecule has 0 saturated heterocycles. The molecule has 0 saturated carbocycles. The minimum Gasteiger partial charge on any atom is -0.489 e. The summed E-state index contributed by atoms with van der Waals surface area (Å²) >= 11 is 5.95. The maximum Gasteiger partial charge on any atom is 0.300 e. The number of rotatable bonds is 4. The topological polar surface area (TPSA) is 77.5 Å². The smallest absolute Gasteiger partial charge is 0.300 e. The number of carbonyl (C=O) groups is 1. The number of aryl methyl sites for hydroxylation is 2. The van der Waals surface area contributed by atoms with Gasteiger partial charge in [-0.25, -0.2) is 5.84 Å². The Labute approximate surface area is 121 Å². The van der Waals surface area contributed by atoms with Crippen LogP contribution in [0.1, 0.15) is 27.4 Å². The molecular formula is C14H15ClN2O3. The van der Waals surface area contributed by atoms with Crippen molar-refractivity contribution >= 4 is 17.5 Å². The molecule has 0 spiro atoms. The molecule has 0 aliphatic heterocycles. The highest BCUT2D eigenvalue weighted by molar-refractivity contribution is 6.31. The molecule has 0 unspecified atom stereocenters. The molecule has 0 aliphatic carbocycles. The summed E-state index contributed by atoms with van der Waals surface area (Å²) in [5.74, 6) is 6.07. The minimum absolute atomic E-state index is 0.163. The van der Waals surface area contributed by atoms with E-state index < -0.39 is 5.91 Å². The molecule has 0 atom stereocenters. The van der Waals surface area contributed by atoms with E-state index in [1.165, 1.54) is 0 Å². The molecule has 0 bridgehead atoms. The Morgan fingerprint density at radius 3 is 2.80 bits per heavy atom. The first kappa shape index (κ1) is 14.4. The maximum atomic E-state index is 11.4. The number of amides is 1. The van der Waals surface area contributed by atoms with E-state index in [1.807, 2.05) is 18.4 Å². The van der Waals surface area contributed by atoms with Crippen LogP contribution in [0.5, 0.6) is 5.75 Å². The molecule has 0 aliphatic rings. The number of benzene rings is 1. The zero-order valence-corrected chi connectivity index (χ0v) is 12.0. The first-order valence-electron chi connectivity index (χ1n) is 6.00. The zero-order chi connectivity index (χ0) is 14.7. The van der Waals surface area contributed by atoms with Gasteiger partial charge in [-0.3, -0.25) is 10.2 Å². The van der Waals surface area contributed by atoms with Crippen LogP contribution in [0.15, 0.2) is 28.7 Å². The quantitative estimate of drug-likeness (QED) is 0.516. The minimum atomic E-state index is -0.471. The number of halogens is 1. The van der Waals surface area contributed by atoms with E-state index in [2.05, 4.69) is 0 Å². The van der Waals surface area contributed by atoms with Crippen molar-refractivity contribution in [3.05, 3.63) is 51.9 Å². The van der Waals surface area contributed by atoms with Crippen molar-refractivity contribution in [2.24, 2.45) is 5.84 Å². The molecule has 0 radical (unpaired) electrons. The van der Waals surface area contributed by atoms with Crippen LogP contribution < -0.4 is 16.0 Å². The molecule has 2 aromatic rings. The molecule has 6 heteroatoms. The highest BCUT2D eigenvalue weighted by Gasteiger charge is 2.13. The van der Waals surface area contributed by atoms with Gasteiger partial charge in [0.15, 0.2) is 5.76 Å². The second-order valence-corrected chi connectivity index (χ2v) is 4.77. The van der Waals surface area contributed by atoms with Crippen molar-refractivity contribution in [3.8, 4) is 5.75 Å². The van der Waals surface area contributed by atoms with Crippen molar-refractivity contribution in [2.45, 2.75) is 20.5 Å². The van der Waals surface area contributed by atoms with Crippen molar-refractivity contribution in [2.75, 3.05) is 0 Å². The summed E-state index contributed by atoms with van der Waals surface area (Å²) in [6.45, 7) is 3.97. The first-order valence-corrected chi connectivity index (χ1v) is 6.38. The fourth-order valence-electron chi connectivity index (χ4n) is 1.71. The van der Waals surface area contributed by atoms with Gasteiger partial charge in [-0.2, -0.15) is 0 Å². The predicted molar refractivity (Wildman–Crippen MR) is 75.6 cm³/mol. The second kappa shape index (κ2) is 5.98. The number of carbonyl (C=O) groups excluding carboxylic acids is 1. The van der Waals surface area contributed by atoms with Gasteiger partial charge in [0.1, 0.15) is 18.1 Å². The van der Waals surface area contributed by atoms with Gasteiger partial charge in [-0.1, -0.05) is 11.6 Å². The number of furan rings is 1. The lowest BCUT2D eigenvalue weighted by atomic mass is 10.2. The Balaban J connectivity index is 2.08. The monoisotopic (exact) mass is 294 g/mol. The summed E-state index contributed by atoms with van der Waals surface area (Å²) in [6, 6.07) is 7.03. The number of nitrogens with two attached hydrogens (primary N) is 1. The molecule has 1 heterocycles. The van der Waals surface area contributed by atoms with Gasteiger partial charge in [-0.05, 0) is 43.7 Å². The van der Waals surface area contributed by atoms with E-state index in [0.29, 0.717) is 23.1 Å². The second-order valence-electron chi connectivity index (χ2n) is 4.37. The summed E-state index contributed by atoms with van der Waals surface area (Å²) in [6.07, 6.45) is 0. The summed E-state index contributed by atoms with van der Waals surface area (Å²) in [5.41, 5.74) is 3.75. The Bertz CT molecular complexity index is 637. The molecule has 1 aromatic carbocycles. The summed E-state index contributed by atoms with van der Waals surface area (Å²) in [7, 11) is 0. The number of hydrazine groups is 1. The van der Waals surface area contributed by atoms with Gasteiger partial charge in [0, 0.05) is 10.6 Å². The van der Waals surface area contributed by atoms with Crippen LogP contribution in [-0.4, -0.2) is 5.91 Å². The first-order chi connectivity index (χ1) is 9.51. The molecule has 5 nitrogen and oxygen atoms in total. The summed E-state index contributed by atoms with van der Waals surface area (Å²) in [5, 5.41) is 0.693. The zero-order valence-electron chi connectivity index (χ0n) is 11.2. The van der Waals surface area contributed by atoms with Crippen LogP contribution in [0.3, 0.4) is 0 Å². The third-order valence-corrected chi connectivity index (χ3v) is 3.32. The fourth-order valence-corrected chi connectivity index (χ4v) is 1.83. The van der Waals surface area contributed by atoms with Gasteiger partial charge in [0.25, 0.3) is 0 Å². The molecule has 2 rings (SSSR count). The number of ether oxygens (including phenoxy) is 1. The van der Waals surface area contributed by atoms with E-state index >= 15 is 0 Å². The van der Waals surface area contributed by atoms with Gasteiger partial charge < -0.3 is 9.15 Å². The third-order valence-electron chi connectivity index (χ3n) is 2.90. The van der Waals surface area contributed by atoms with Gasteiger partial charge in [0.2, 0.25) is 0 Å². The lowest BCUT2D eigenvalue weighted by molar-refractivity contribution is 0.0924. The van der Waals surface area contributed by atoms with Gasteiger partial charge >= 0.3 is 5.91 Å². The Hall–Kier alpha value is -1.98. The number of nitrogens with one attached hydrogen (secondary N) is 1. The highest BCUT2D eigenvalue weighted by Crippen LogP contribution is 2.23. The number of hydrogen-bond donors (Lipinski definition) is 2. The molecule has 1 aromatic heterocycles. The Morgan fingerprint density at radius 2 is 2.15 bits per heavy atom. The molecule has 0 fully saturated rings. The molecule has 20 heavy (non-hydrogen) atoms. The molecular weight excluding hydrogens is 280 g/mol.